The predicted molar refractivity (Wildman–Crippen MR) is 128 cm³/mol. The zero-order chi connectivity index (χ0) is 22.2. The van der Waals surface area contributed by atoms with Crippen LogP contribution in [0.25, 0.3) is 21.5 Å². The van der Waals surface area contributed by atoms with Gasteiger partial charge in [-0.25, -0.2) is 0 Å². The molecule has 0 saturated carbocycles. The quantitative estimate of drug-likeness (QED) is 0.464. The van der Waals surface area contributed by atoms with Crippen LogP contribution in [-0.4, -0.2) is 37.1 Å². The van der Waals surface area contributed by atoms with E-state index in [0.29, 0.717) is 0 Å². The molecule has 3 aromatic rings. The second-order valence-electron chi connectivity index (χ2n) is 10.5. The molecule has 0 aromatic heterocycles. The fourth-order valence-corrected chi connectivity index (χ4v) is 4.20. The minimum Gasteiger partial charge on any atom is -0.402 e. The Balaban J connectivity index is 1.48. The van der Waals surface area contributed by atoms with E-state index in [9.17, 15) is 0 Å². The van der Waals surface area contributed by atoms with Crippen molar-refractivity contribution in [3.63, 3.8) is 0 Å². The van der Waals surface area contributed by atoms with E-state index in [1.54, 1.807) is 0 Å². The van der Waals surface area contributed by atoms with Crippen LogP contribution in [0.5, 0.6) is 0 Å². The highest BCUT2D eigenvalue weighted by molar-refractivity contribution is 6.63. The van der Waals surface area contributed by atoms with Crippen molar-refractivity contribution in [3.8, 4) is 0 Å². The molecule has 2 aliphatic rings. The average molecular weight is 416 g/mol. The maximum Gasteiger partial charge on any atom is 0.494 e. The maximum atomic E-state index is 6.23. The van der Waals surface area contributed by atoms with E-state index >= 15 is 0 Å². The highest BCUT2D eigenvalue weighted by atomic mass is 16.7. The van der Waals surface area contributed by atoms with Gasteiger partial charge in [0.1, 0.15) is 0 Å². The lowest BCUT2D eigenvalue weighted by Crippen LogP contribution is -2.41. The Bertz CT molecular complexity index is 1150. The SMILES string of the molecule is CC1OB(c2ccc3cc4cc(B5OC(C)(C)C(C)(C)O5)ccc4cc3c2)OC1(C)C. The topological polar surface area (TPSA) is 36.9 Å². The van der Waals surface area contributed by atoms with Crippen molar-refractivity contribution in [2.75, 3.05) is 0 Å². The van der Waals surface area contributed by atoms with E-state index in [-0.39, 0.29) is 37.1 Å². The number of rotatable bonds is 2. The Hall–Kier alpha value is -1.85. The summed E-state index contributed by atoms with van der Waals surface area (Å²) < 4.78 is 24.7. The van der Waals surface area contributed by atoms with E-state index in [2.05, 4.69) is 97.0 Å². The summed E-state index contributed by atoms with van der Waals surface area (Å²) in [5.41, 5.74) is 1.13. The third-order valence-corrected chi connectivity index (χ3v) is 7.36. The van der Waals surface area contributed by atoms with Crippen LogP contribution in [0.4, 0.5) is 0 Å². The van der Waals surface area contributed by atoms with Crippen molar-refractivity contribution in [2.24, 2.45) is 0 Å². The van der Waals surface area contributed by atoms with Gasteiger partial charge in [-0.3, -0.25) is 0 Å². The van der Waals surface area contributed by atoms with Gasteiger partial charge in [0.25, 0.3) is 0 Å². The second kappa shape index (κ2) is 6.82. The zero-order valence-corrected chi connectivity index (χ0v) is 19.5. The predicted octanol–water partition coefficient (Wildman–Crippen LogP) is 4.20. The van der Waals surface area contributed by atoms with Gasteiger partial charge in [-0.05, 0) is 93.1 Å². The maximum absolute atomic E-state index is 6.23. The highest BCUT2D eigenvalue weighted by Gasteiger charge is 2.51. The minimum atomic E-state index is -0.352. The van der Waals surface area contributed by atoms with Gasteiger partial charge in [0.05, 0.1) is 22.9 Å². The molecule has 31 heavy (non-hydrogen) atoms. The van der Waals surface area contributed by atoms with Gasteiger partial charge in [0.15, 0.2) is 0 Å². The highest BCUT2D eigenvalue weighted by Crippen LogP contribution is 2.36. The van der Waals surface area contributed by atoms with Crippen LogP contribution in [-0.2, 0) is 18.6 Å². The molecule has 4 nitrogen and oxygen atoms in total. The summed E-state index contributed by atoms with van der Waals surface area (Å²) >= 11 is 0. The molecular formula is C25H30B2O4. The van der Waals surface area contributed by atoms with E-state index < -0.39 is 0 Å². The number of benzene rings is 3. The van der Waals surface area contributed by atoms with Gasteiger partial charge < -0.3 is 18.6 Å². The molecule has 0 bridgehead atoms. The molecule has 2 heterocycles. The first kappa shape index (κ1) is 21.0. The van der Waals surface area contributed by atoms with Gasteiger partial charge in [0.2, 0.25) is 0 Å². The number of fused-ring (bicyclic) bond motifs is 2. The van der Waals surface area contributed by atoms with Crippen molar-refractivity contribution in [2.45, 2.75) is 71.4 Å². The van der Waals surface area contributed by atoms with Crippen molar-refractivity contribution in [3.05, 3.63) is 48.5 Å². The molecule has 1 atom stereocenters. The van der Waals surface area contributed by atoms with E-state index in [4.69, 9.17) is 18.6 Å². The molecule has 0 amide bonds. The monoisotopic (exact) mass is 416 g/mol. The van der Waals surface area contributed by atoms with Crippen molar-refractivity contribution >= 4 is 46.7 Å². The van der Waals surface area contributed by atoms with Crippen LogP contribution < -0.4 is 10.9 Å². The Morgan fingerprint density at radius 2 is 1.10 bits per heavy atom. The summed E-state index contributed by atoms with van der Waals surface area (Å²) in [6.45, 7) is 14.5. The largest absolute Gasteiger partial charge is 0.494 e. The molecule has 0 N–H and O–H groups in total. The van der Waals surface area contributed by atoms with Gasteiger partial charge in [-0.1, -0.05) is 36.4 Å². The number of hydrogen-bond donors (Lipinski definition) is 0. The molecule has 2 aliphatic heterocycles. The first-order valence-electron chi connectivity index (χ1n) is 11.1. The molecule has 5 rings (SSSR count). The van der Waals surface area contributed by atoms with Crippen LogP contribution in [0.2, 0.25) is 0 Å². The lowest BCUT2D eigenvalue weighted by molar-refractivity contribution is 0.00578. The first-order chi connectivity index (χ1) is 14.5. The van der Waals surface area contributed by atoms with E-state index in [1.807, 2.05) is 0 Å². The van der Waals surface area contributed by atoms with Crippen LogP contribution >= 0.6 is 0 Å². The molecule has 0 radical (unpaired) electrons. The summed E-state index contributed by atoms with van der Waals surface area (Å²) in [5, 5.41) is 4.73. The fourth-order valence-electron chi connectivity index (χ4n) is 4.20. The minimum absolute atomic E-state index is 0.0539. The molecular weight excluding hydrogens is 386 g/mol. The van der Waals surface area contributed by atoms with E-state index in [1.165, 1.54) is 21.5 Å². The van der Waals surface area contributed by atoms with Crippen molar-refractivity contribution < 1.29 is 18.6 Å². The third-order valence-electron chi connectivity index (χ3n) is 7.36. The zero-order valence-electron chi connectivity index (χ0n) is 19.5. The van der Waals surface area contributed by atoms with Crippen molar-refractivity contribution in [1.82, 2.24) is 0 Å². The molecule has 160 valence electrons. The smallest absolute Gasteiger partial charge is 0.402 e. The standard InChI is InChI=1S/C25H30B2O4/c1-16-23(2,3)29-26(28-16)21-10-8-17-13-20-15-22(11-9-18(20)12-19(17)14-21)27-30-24(4,5)25(6,7)31-27/h8-16H,1-7H3. The van der Waals surface area contributed by atoms with Crippen LogP contribution in [0.15, 0.2) is 48.5 Å². The molecule has 6 heteroatoms. The summed E-state index contributed by atoms with van der Waals surface area (Å²) in [7, 11) is -0.676. The Morgan fingerprint density at radius 1 is 0.613 bits per heavy atom. The summed E-state index contributed by atoms with van der Waals surface area (Å²) in [6.07, 6.45) is 0.0539. The van der Waals surface area contributed by atoms with Crippen LogP contribution in [0.3, 0.4) is 0 Å². The van der Waals surface area contributed by atoms with Gasteiger partial charge >= 0.3 is 14.2 Å². The second-order valence-corrected chi connectivity index (χ2v) is 10.5. The lowest BCUT2D eigenvalue weighted by atomic mass is 9.77. The molecule has 3 aromatic carbocycles. The molecule has 0 aliphatic carbocycles. The molecule has 1 unspecified atom stereocenters. The Kier molecular flexibility index (Phi) is 4.63. The summed E-state index contributed by atoms with van der Waals surface area (Å²) in [5.74, 6) is 0. The fraction of sp³-hybridized carbons (Fsp3) is 0.440. The molecule has 0 spiro atoms. The summed E-state index contributed by atoms with van der Waals surface area (Å²) in [4.78, 5) is 0. The van der Waals surface area contributed by atoms with Crippen LogP contribution in [0, 0.1) is 0 Å². The Labute approximate surface area is 185 Å². The molecule has 2 fully saturated rings. The van der Waals surface area contributed by atoms with Gasteiger partial charge in [-0.2, -0.15) is 0 Å². The number of hydrogen-bond acceptors (Lipinski definition) is 4. The van der Waals surface area contributed by atoms with Gasteiger partial charge in [-0.15, -0.1) is 0 Å². The first-order valence-corrected chi connectivity index (χ1v) is 11.1. The van der Waals surface area contributed by atoms with Crippen molar-refractivity contribution in [1.29, 1.82) is 0 Å². The molecule has 2 saturated heterocycles. The normalized spacial score (nSPS) is 24.4. The third kappa shape index (κ3) is 3.50. The van der Waals surface area contributed by atoms with E-state index in [0.717, 1.165) is 10.9 Å². The van der Waals surface area contributed by atoms with Gasteiger partial charge in [0, 0.05) is 0 Å². The summed E-state index contributed by atoms with van der Waals surface area (Å²) in [6, 6.07) is 17.3. The van der Waals surface area contributed by atoms with Crippen LogP contribution in [0.1, 0.15) is 48.5 Å². The Morgan fingerprint density at radius 3 is 1.55 bits per heavy atom. The lowest BCUT2D eigenvalue weighted by Gasteiger charge is -2.32. The average Bonchev–Trinajstić information content (AvgIpc) is 3.09.